The number of hydrazine groups is 1. The summed E-state index contributed by atoms with van der Waals surface area (Å²) in [6.45, 7) is 3.75. The molecule has 0 saturated carbocycles. The molecule has 2 N–H and O–H groups in total. The highest BCUT2D eigenvalue weighted by Gasteiger charge is 2.14. The van der Waals surface area contributed by atoms with Crippen molar-refractivity contribution in [1.82, 2.24) is 10.9 Å². The van der Waals surface area contributed by atoms with Crippen LogP contribution in [0.1, 0.15) is 28.4 Å². The first-order valence-electron chi connectivity index (χ1n) is 6.68. The number of hydrogen-bond acceptors (Lipinski definition) is 2. The average Bonchev–Trinajstić information content (AvgIpc) is 2.53. The number of halogens is 1. The maximum Gasteiger partial charge on any atom is 0.265 e. The minimum Gasteiger partial charge on any atom is -0.287 e. The molecule has 2 aromatic carbocycles. The van der Waals surface area contributed by atoms with E-state index in [-0.39, 0.29) is 11.9 Å². The first kappa shape index (κ1) is 15.3. The van der Waals surface area contributed by atoms with Crippen LogP contribution in [0.5, 0.6) is 0 Å². The molecular formula is C17H17ClN2O. The van der Waals surface area contributed by atoms with Gasteiger partial charge in [0.05, 0.1) is 6.04 Å². The molecule has 0 bridgehead atoms. The van der Waals surface area contributed by atoms with Crippen LogP contribution in [0.25, 0.3) is 0 Å². The number of benzene rings is 2. The van der Waals surface area contributed by atoms with Crippen LogP contribution in [0, 0.1) is 0 Å². The van der Waals surface area contributed by atoms with Crippen molar-refractivity contribution in [2.75, 3.05) is 0 Å². The molecule has 0 aliphatic rings. The molecule has 3 nitrogen and oxygen atoms in total. The lowest BCUT2D eigenvalue weighted by atomic mass is 10.0. The number of carbonyl (C=O) groups is 1. The summed E-state index contributed by atoms with van der Waals surface area (Å²) < 4.78 is 0. The predicted molar refractivity (Wildman–Crippen MR) is 86.1 cm³/mol. The maximum absolute atomic E-state index is 12.0. The minimum absolute atomic E-state index is 0.121. The van der Waals surface area contributed by atoms with Gasteiger partial charge >= 0.3 is 0 Å². The number of amides is 1. The summed E-state index contributed by atoms with van der Waals surface area (Å²) in [6, 6.07) is 16.5. The summed E-state index contributed by atoms with van der Waals surface area (Å²) in [5.74, 6) is -0.184. The summed E-state index contributed by atoms with van der Waals surface area (Å²) in [6.07, 6.45) is 2.44. The quantitative estimate of drug-likeness (QED) is 0.627. The van der Waals surface area contributed by atoms with Crippen LogP contribution >= 0.6 is 11.6 Å². The fraction of sp³-hybridized carbons (Fsp3) is 0.118. The molecule has 0 aliphatic carbocycles. The van der Waals surface area contributed by atoms with Gasteiger partial charge in [0.1, 0.15) is 0 Å². The topological polar surface area (TPSA) is 41.1 Å². The van der Waals surface area contributed by atoms with E-state index in [9.17, 15) is 4.79 Å². The molecule has 1 amide bonds. The SMILES string of the molecule is C=CCC(NNC(=O)c1ccccc1)c1ccccc1Cl. The molecule has 2 aromatic rings. The molecule has 1 unspecified atom stereocenters. The molecule has 108 valence electrons. The van der Waals surface area contributed by atoms with E-state index < -0.39 is 0 Å². The van der Waals surface area contributed by atoms with Crippen molar-refractivity contribution in [3.63, 3.8) is 0 Å². The van der Waals surface area contributed by atoms with Crippen LogP contribution in [0.3, 0.4) is 0 Å². The highest BCUT2D eigenvalue weighted by molar-refractivity contribution is 6.31. The maximum atomic E-state index is 12.0. The number of hydrogen-bond donors (Lipinski definition) is 2. The van der Waals surface area contributed by atoms with Gasteiger partial charge in [-0.25, -0.2) is 5.43 Å². The van der Waals surface area contributed by atoms with Gasteiger partial charge in [-0.1, -0.05) is 54.1 Å². The van der Waals surface area contributed by atoms with Gasteiger partial charge in [-0.15, -0.1) is 6.58 Å². The molecule has 0 aliphatic heterocycles. The second-order valence-electron chi connectivity index (χ2n) is 4.56. The van der Waals surface area contributed by atoms with Crippen LogP contribution in [0.15, 0.2) is 67.3 Å². The predicted octanol–water partition coefficient (Wildman–Crippen LogP) is 3.89. The van der Waals surface area contributed by atoms with E-state index in [1.165, 1.54) is 0 Å². The summed E-state index contributed by atoms with van der Waals surface area (Å²) in [7, 11) is 0. The standard InChI is InChI=1S/C17H17ClN2O/c1-2-8-16(14-11-6-7-12-15(14)18)19-20-17(21)13-9-4-3-5-10-13/h2-7,9-12,16,19H,1,8H2,(H,20,21). The van der Waals surface area contributed by atoms with E-state index in [4.69, 9.17) is 11.6 Å². The first-order chi connectivity index (χ1) is 10.2. The summed E-state index contributed by atoms with van der Waals surface area (Å²) in [5.41, 5.74) is 7.26. The smallest absolute Gasteiger partial charge is 0.265 e. The van der Waals surface area contributed by atoms with Crippen LogP contribution < -0.4 is 10.9 Å². The second-order valence-corrected chi connectivity index (χ2v) is 4.97. The first-order valence-corrected chi connectivity index (χ1v) is 7.06. The molecule has 0 fully saturated rings. The van der Waals surface area contributed by atoms with Crippen LogP contribution in [0.4, 0.5) is 0 Å². The normalized spacial score (nSPS) is 11.7. The van der Waals surface area contributed by atoms with Gasteiger partial charge in [0, 0.05) is 10.6 Å². The Morgan fingerprint density at radius 1 is 1.14 bits per heavy atom. The third-order valence-corrected chi connectivity index (χ3v) is 3.42. The van der Waals surface area contributed by atoms with E-state index in [1.54, 1.807) is 18.2 Å². The Morgan fingerprint density at radius 3 is 2.48 bits per heavy atom. The fourth-order valence-electron chi connectivity index (χ4n) is 2.00. The van der Waals surface area contributed by atoms with Crippen molar-refractivity contribution >= 4 is 17.5 Å². The Hall–Kier alpha value is -2.10. The molecule has 0 aromatic heterocycles. The largest absolute Gasteiger partial charge is 0.287 e. The number of nitrogens with one attached hydrogen (secondary N) is 2. The van der Waals surface area contributed by atoms with E-state index in [2.05, 4.69) is 17.4 Å². The minimum atomic E-state index is -0.184. The van der Waals surface area contributed by atoms with E-state index in [0.717, 1.165) is 5.56 Å². The summed E-state index contributed by atoms with van der Waals surface area (Å²) in [4.78, 5) is 12.0. The van der Waals surface area contributed by atoms with Gasteiger partial charge < -0.3 is 0 Å². The fourth-order valence-corrected chi connectivity index (χ4v) is 2.27. The third kappa shape index (κ3) is 4.18. The molecule has 0 spiro atoms. The Labute approximate surface area is 129 Å². The Kier molecular flexibility index (Phi) is 5.55. The number of carbonyl (C=O) groups excluding carboxylic acids is 1. The van der Waals surface area contributed by atoms with Crippen molar-refractivity contribution in [1.29, 1.82) is 0 Å². The zero-order valence-corrected chi connectivity index (χ0v) is 12.3. The van der Waals surface area contributed by atoms with Gasteiger partial charge in [-0.05, 0) is 30.2 Å². The summed E-state index contributed by atoms with van der Waals surface area (Å²) in [5, 5.41) is 0.658. The van der Waals surface area contributed by atoms with Crippen molar-refractivity contribution in [3.8, 4) is 0 Å². The Balaban J connectivity index is 2.06. The Bertz CT molecular complexity index is 613. The molecule has 1 atom stereocenters. The van der Waals surface area contributed by atoms with Crippen molar-refractivity contribution < 1.29 is 4.79 Å². The van der Waals surface area contributed by atoms with Gasteiger partial charge in [-0.3, -0.25) is 10.2 Å². The molecule has 4 heteroatoms. The van der Waals surface area contributed by atoms with Gasteiger partial charge in [0.2, 0.25) is 0 Å². The second kappa shape index (κ2) is 7.62. The Morgan fingerprint density at radius 2 is 1.81 bits per heavy atom. The lowest BCUT2D eigenvalue weighted by Crippen LogP contribution is -2.40. The monoisotopic (exact) mass is 300 g/mol. The highest BCUT2D eigenvalue weighted by Crippen LogP contribution is 2.24. The molecular weight excluding hydrogens is 284 g/mol. The highest BCUT2D eigenvalue weighted by atomic mass is 35.5. The third-order valence-electron chi connectivity index (χ3n) is 3.08. The van der Waals surface area contributed by atoms with Crippen LogP contribution in [-0.4, -0.2) is 5.91 Å². The molecule has 2 rings (SSSR count). The lowest BCUT2D eigenvalue weighted by molar-refractivity contribution is 0.0925. The van der Waals surface area contributed by atoms with E-state index >= 15 is 0 Å². The van der Waals surface area contributed by atoms with Crippen molar-refractivity contribution in [2.45, 2.75) is 12.5 Å². The van der Waals surface area contributed by atoms with E-state index in [1.807, 2.05) is 42.5 Å². The molecule has 0 saturated heterocycles. The van der Waals surface area contributed by atoms with Crippen LogP contribution in [-0.2, 0) is 0 Å². The zero-order chi connectivity index (χ0) is 15.1. The summed E-state index contributed by atoms with van der Waals surface area (Å²) >= 11 is 6.20. The van der Waals surface area contributed by atoms with Gasteiger partial charge in [-0.2, -0.15) is 0 Å². The van der Waals surface area contributed by atoms with Crippen molar-refractivity contribution in [2.24, 2.45) is 0 Å². The number of rotatable bonds is 6. The molecule has 21 heavy (non-hydrogen) atoms. The lowest BCUT2D eigenvalue weighted by Gasteiger charge is -2.19. The molecule has 0 radical (unpaired) electrons. The van der Waals surface area contributed by atoms with Gasteiger partial charge in [0.15, 0.2) is 0 Å². The average molecular weight is 301 g/mol. The van der Waals surface area contributed by atoms with E-state index in [0.29, 0.717) is 17.0 Å². The van der Waals surface area contributed by atoms with Gasteiger partial charge in [0.25, 0.3) is 5.91 Å². The molecule has 0 heterocycles. The van der Waals surface area contributed by atoms with Crippen LogP contribution in [0.2, 0.25) is 5.02 Å². The van der Waals surface area contributed by atoms with Crippen molar-refractivity contribution in [3.05, 3.63) is 83.4 Å². The zero-order valence-electron chi connectivity index (χ0n) is 11.6.